The van der Waals surface area contributed by atoms with E-state index in [1.807, 2.05) is 0 Å². The highest BCUT2D eigenvalue weighted by molar-refractivity contribution is 8.00. The monoisotopic (exact) mass is 299 g/mol. The summed E-state index contributed by atoms with van der Waals surface area (Å²) in [4.78, 5) is 2.64. The van der Waals surface area contributed by atoms with Crippen molar-refractivity contribution in [3.8, 4) is 0 Å². The lowest BCUT2D eigenvalue weighted by atomic mass is 9.79. The van der Waals surface area contributed by atoms with Crippen LogP contribution in [0.15, 0.2) is 5.16 Å². The molecule has 0 amide bonds. The number of piperidine rings is 1. The predicted molar refractivity (Wildman–Crippen MR) is 86.4 cm³/mol. The van der Waals surface area contributed by atoms with Crippen LogP contribution in [-0.2, 0) is 0 Å². The van der Waals surface area contributed by atoms with Gasteiger partial charge in [0.15, 0.2) is 5.84 Å². The van der Waals surface area contributed by atoms with Crippen LogP contribution in [0.2, 0.25) is 0 Å². The summed E-state index contributed by atoms with van der Waals surface area (Å²) in [5.41, 5.74) is 5.92. The van der Waals surface area contributed by atoms with E-state index in [4.69, 9.17) is 10.9 Å². The van der Waals surface area contributed by atoms with Gasteiger partial charge in [-0.1, -0.05) is 19.0 Å². The maximum absolute atomic E-state index is 9.00. The van der Waals surface area contributed by atoms with Crippen molar-refractivity contribution in [2.75, 3.05) is 19.3 Å². The van der Waals surface area contributed by atoms with E-state index in [0.717, 1.165) is 43.8 Å². The van der Waals surface area contributed by atoms with E-state index in [1.54, 1.807) is 11.8 Å². The molecule has 2 aliphatic rings. The molecule has 3 N–H and O–H groups in total. The van der Waals surface area contributed by atoms with Crippen molar-refractivity contribution in [3.63, 3.8) is 0 Å². The molecule has 1 saturated carbocycles. The van der Waals surface area contributed by atoms with E-state index < -0.39 is 0 Å². The number of nitrogens with zero attached hydrogens (tertiary/aromatic N) is 2. The molecule has 5 heteroatoms. The van der Waals surface area contributed by atoms with Gasteiger partial charge in [-0.3, -0.25) is 0 Å². The minimum atomic E-state index is -0.156. The average molecular weight is 299 g/mol. The Balaban J connectivity index is 1.96. The van der Waals surface area contributed by atoms with E-state index in [9.17, 15) is 0 Å². The maximum atomic E-state index is 9.00. The highest BCUT2D eigenvalue weighted by Crippen LogP contribution is 2.38. The zero-order chi connectivity index (χ0) is 14.8. The van der Waals surface area contributed by atoms with Gasteiger partial charge in [0, 0.05) is 19.1 Å². The molecule has 2 rings (SSSR count). The number of rotatable bonds is 3. The molecule has 0 aromatic rings. The van der Waals surface area contributed by atoms with Gasteiger partial charge in [-0.15, -0.1) is 0 Å². The average Bonchev–Trinajstić information content (AvgIpc) is 2.45. The normalized spacial score (nSPS) is 36.0. The van der Waals surface area contributed by atoms with Gasteiger partial charge in [-0.05, 0) is 50.2 Å². The molecule has 1 aliphatic heterocycles. The highest BCUT2D eigenvalue weighted by atomic mass is 32.2. The van der Waals surface area contributed by atoms with Gasteiger partial charge < -0.3 is 15.8 Å². The fourth-order valence-corrected chi connectivity index (χ4v) is 4.95. The molecule has 2 unspecified atom stereocenters. The maximum Gasteiger partial charge on any atom is 0.155 e. The van der Waals surface area contributed by atoms with Crippen LogP contribution >= 0.6 is 11.8 Å². The lowest BCUT2D eigenvalue weighted by Gasteiger charge is -2.45. The second kappa shape index (κ2) is 6.56. The van der Waals surface area contributed by atoms with Crippen LogP contribution in [-0.4, -0.2) is 46.1 Å². The first kappa shape index (κ1) is 16.0. The Hall–Kier alpha value is -0.420. The molecule has 0 aromatic carbocycles. The minimum Gasteiger partial charge on any atom is -0.409 e. The Morgan fingerprint density at radius 1 is 1.20 bits per heavy atom. The van der Waals surface area contributed by atoms with E-state index in [1.165, 1.54) is 19.3 Å². The molecular formula is C15H29N3OS. The van der Waals surface area contributed by atoms with Crippen LogP contribution in [0.1, 0.15) is 46.0 Å². The molecular weight excluding hydrogens is 270 g/mol. The first-order valence-corrected chi connectivity index (χ1v) is 9.00. The third-order valence-electron chi connectivity index (χ3n) is 5.24. The van der Waals surface area contributed by atoms with E-state index in [-0.39, 0.29) is 4.75 Å². The first-order valence-electron chi connectivity index (χ1n) is 7.78. The summed E-state index contributed by atoms with van der Waals surface area (Å²) in [6.07, 6.45) is 8.09. The van der Waals surface area contributed by atoms with Crippen molar-refractivity contribution in [1.29, 1.82) is 0 Å². The number of amidine groups is 1. The fourth-order valence-electron chi connectivity index (χ4n) is 4.11. The van der Waals surface area contributed by atoms with E-state index in [0.29, 0.717) is 5.84 Å². The van der Waals surface area contributed by atoms with Gasteiger partial charge in [-0.25, -0.2) is 0 Å². The number of hydrogen-bond donors (Lipinski definition) is 2. The third kappa shape index (κ3) is 3.25. The lowest BCUT2D eigenvalue weighted by Crippen LogP contribution is -2.53. The van der Waals surface area contributed by atoms with Crippen LogP contribution in [0.4, 0.5) is 0 Å². The molecule has 116 valence electrons. The topological polar surface area (TPSA) is 61.9 Å². The van der Waals surface area contributed by atoms with Crippen molar-refractivity contribution in [3.05, 3.63) is 0 Å². The molecule has 4 nitrogen and oxygen atoms in total. The molecule has 20 heavy (non-hydrogen) atoms. The zero-order valence-electron chi connectivity index (χ0n) is 13.0. The Bertz CT molecular complexity index is 343. The smallest absolute Gasteiger partial charge is 0.155 e. The van der Waals surface area contributed by atoms with Crippen LogP contribution < -0.4 is 5.73 Å². The van der Waals surface area contributed by atoms with Crippen LogP contribution in [0.25, 0.3) is 0 Å². The lowest BCUT2D eigenvalue weighted by molar-refractivity contribution is 0.0884. The Labute approximate surface area is 127 Å². The summed E-state index contributed by atoms with van der Waals surface area (Å²) in [6.45, 7) is 6.91. The van der Waals surface area contributed by atoms with Crippen molar-refractivity contribution >= 4 is 17.6 Å². The summed E-state index contributed by atoms with van der Waals surface area (Å²) in [5, 5.41) is 12.3. The van der Waals surface area contributed by atoms with Gasteiger partial charge >= 0.3 is 0 Å². The van der Waals surface area contributed by atoms with Gasteiger partial charge in [0.2, 0.25) is 0 Å². The van der Waals surface area contributed by atoms with Gasteiger partial charge in [-0.2, -0.15) is 11.8 Å². The summed E-state index contributed by atoms with van der Waals surface area (Å²) >= 11 is 1.73. The van der Waals surface area contributed by atoms with Gasteiger partial charge in [0.1, 0.15) is 0 Å². The van der Waals surface area contributed by atoms with Crippen molar-refractivity contribution in [1.82, 2.24) is 4.90 Å². The molecule has 0 aromatic heterocycles. The molecule has 0 radical (unpaired) electrons. The number of likely N-dealkylation sites (tertiary alicyclic amines) is 1. The van der Waals surface area contributed by atoms with Gasteiger partial charge in [0.05, 0.1) is 4.75 Å². The Morgan fingerprint density at radius 3 is 2.20 bits per heavy atom. The number of nitrogens with two attached hydrogens (primary N) is 1. The second-order valence-corrected chi connectivity index (χ2v) is 7.98. The van der Waals surface area contributed by atoms with Crippen LogP contribution in [0, 0.1) is 11.8 Å². The molecule has 0 bridgehead atoms. The van der Waals surface area contributed by atoms with Crippen LogP contribution in [0.3, 0.4) is 0 Å². The zero-order valence-corrected chi connectivity index (χ0v) is 13.8. The predicted octanol–water partition coefficient (Wildman–Crippen LogP) is 2.76. The number of oxime groups is 1. The van der Waals surface area contributed by atoms with E-state index in [2.05, 4.69) is 30.2 Å². The molecule has 1 saturated heterocycles. The SMILES string of the molecule is CSC1(C(N)=NO)CCN(C2CC(C)CC(C)C2)CC1. The molecule has 2 fully saturated rings. The van der Waals surface area contributed by atoms with Gasteiger partial charge in [0.25, 0.3) is 0 Å². The molecule has 1 aliphatic carbocycles. The van der Waals surface area contributed by atoms with Crippen molar-refractivity contribution in [2.45, 2.75) is 56.7 Å². The standard InChI is InChI=1S/C15H29N3OS/c1-11-8-12(2)10-13(9-11)18-6-4-15(20-3,5-7-18)14(16)17-19/h11-13,19H,4-10H2,1-3H3,(H2,16,17). The van der Waals surface area contributed by atoms with Crippen LogP contribution in [0.5, 0.6) is 0 Å². The fraction of sp³-hybridized carbons (Fsp3) is 0.933. The largest absolute Gasteiger partial charge is 0.409 e. The highest BCUT2D eigenvalue weighted by Gasteiger charge is 2.40. The Kier molecular flexibility index (Phi) is 5.24. The summed E-state index contributed by atoms with van der Waals surface area (Å²) < 4.78 is -0.156. The second-order valence-electron chi connectivity index (χ2n) is 6.79. The summed E-state index contributed by atoms with van der Waals surface area (Å²) in [6, 6.07) is 0.737. The molecule has 1 heterocycles. The quantitative estimate of drug-likeness (QED) is 0.364. The third-order valence-corrected chi connectivity index (χ3v) is 6.64. The first-order chi connectivity index (χ1) is 9.50. The molecule has 0 spiro atoms. The number of hydrogen-bond acceptors (Lipinski definition) is 4. The van der Waals surface area contributed by atoms with Crippen molar-refractivity contribution in [2.24, 2.45) is 22.7 Å². The van der Waals surface area contributed by atoms with Crippen molar-refractivity contribution < 1.29 is 5.21 Å². The minimum absolute atomic E-state index is 0.156. The summed E-state index contributed by atoms with van der Waals surface area (Å²) in [7, 11) is 0. The molecule has 2 atom stereocenters. The summed E-state index contributed by atoms with van der Waals surface area (Å²) in [5.74, 6) is 2.09. The Morgan fingerprint density at radius 2 is 1.75 bits per heavy atom. The van der Waals surface area contributed by atoms with E-state index >= 15 is 0 Å². The number of thioether (sulfide) groups is 1.